The molecule has 1 atom stereocenters. The number of aliphatic carboxylic acids is 1. The standard InChI is InChI=1S/C17H16N4O4S/c1-9-15(10(2)25-21-9)12-5-3-11(4-6-12)8-18-20-17-19-16(24)13(26-17)7-14(22)23/h3-6,8,13H,7H2,1-2H3,(H,22,23)(H,19,20,24). The molecule has 9 heteroatoms. The second-order valence-electron chi connectivity index (χ2n) is 5.66. The van der Waals surface area contributed by atoms with Gasteiger partial charge >= 0.3 is 5.97 Å². The van der Waals surface area contributed by atoms with Crippen molar-refractivity contribution in [3.05, 3.63) is 41.3 Å². The van der Waals surface area contributed by atoms with Crippen molar-refractivity contribution in [3.63, 3.8) is 0 Å². The molecule has 0 saturated carbocycles. The number of benzene rings is 1. The fourth-order valence-corrected chi connectivity index (χ4v) is 3.44. The highest BCUT2D eigenvalue weighted by atomic mass is 32.2. The molecule has 1 aliphatic heterocycles. The number of carboxylic acids is 1. The van der Waals surface area contributed by atoms with Crippen molar-refractivity contribution in [2.24, 2.45) is 10.2 Å². The molecule has 1 amide bonds. The highest BCUT2D eigenvalue weighted by Crippen LogP contribution is 2.26. The van der Waals surface area contributed by atoms with Crippen LogP contribution in [0, 0.1) is 13.8 Å². The van der Waals surface area contributed by atoms with E-state index in [1.807, 2.05) is 38.1 Å². The Morgan fingerprint density at radius 3 is 2.73 bits per heavy atom. The van der Waals surface area contributed by atoms with E-state index in [2.05, 4.69) is 20.7 Å². The number of rotatable bonds is 5. The van der Waals surface area contributed by atoms with Gasteiger partial charge in [-0.2, -0.15) is 5.10 Å². The van der Waals surface area contributed by atoms with Crippen LogP contribution < -0.4 is 5.32 Å². The summed E-state index contributed by atoms with van der Waals surface area (Å²) in [7, 11) is 0. The highest BCUT2D eigenvalue weighted by molar-refractivity contribution is 8.15. The lowest BCUT2D eigenvalue weighted by molar-refractivity contribution is -0.138. The Morgan fingerprint density at radius 2 is 2.12 bits per heavy atom. The van der Waals surface area contributed by atoms with Gasteiger partial charge in [0.25, 0.3) is 0 Å². The van der Waals surface area contributed by atoms with Crippen molar-refractivity contribution in [1.82, 2.24) is 10.5 Å². The highest BCUT2D eigenvalue weighted by Gasteiger charge is 2.32. The molecule has 1 aromatic heterocycles. The Balaban J connectivity index is 1.66. The molecule has 1 aromatic carbocycles. The maximum atomic E-state index is 11.6. The maximum Gasteiger partial charge on any atom is 0.305 e. The summed E-state index contributed by atoms with van der Waals surface area (Å²) in [6, 6.07) is 7.66. The van der Waals surface area contributed by atoms with Gasteiger partial charge in [-0.3, -0.25) is 9.59 Å². The molecule has 2 aromatic rings. The van der Waals surface area contributed by atoms with Crippen LogP contribution in [-0.4, -0.2) is 38.8 Å². The van der Waals surface area contributed by atoms with E-state index in [1.54, 1.807) is 6.21 Å². The summed E-state index contributed by atoms with van der Waals surface area (Å²) in [5.74, 6) is -0.629. The first-order chi connectivity index (χ1) is 12.4. The van der Waals surface area contributed by atoms with Gasteiger partial charge in [-0.15, -0.1) is 5.10 Å². The quantitative estimate of drug-likeness (QED) is 0.614. The van der Waals surface area contributed by atoms with Gasteiger partial charge in [0.15, 0.2) is 5.17 Å². The van der Waals surface area contributed by atoms with Gasteiger partial charge in [-0.05, 0) is 25.0 Å². The molecule has 1 fully saturated rings. The molecule has 1 saturated heterocycles. The number of carboxylic acid groups (broad SMARTS) is 1. The number of nitrogens with zero attached hydrogens (tertiary/aromatic N) is 3. The van der Waals surface area contributed by atoms with Crippen molar-refractivity contribution < 1.29 is 19.2 Å². The predicted octanol–water partition coefficient (Wildman–Crippen LogP) is 2.35. The predicted molar refractivity (Wildman–Crippen MR) is 98.2 cm³/mol. The van der Waals surface area contributed by atoms with Crippen molar-refractivity contribution in [2.45, 2.75) is 25.5 Å². The normalized spacial score (nSPS) is 18.6. The zero-order valence-corrected chi connectivity index (χ0v) is 14.9. The monoisotopic (exact) mass is 372 g/mol. The van der Waals surface area contributed by atoms with Gasteiger partial charge in [0.1, 0.15) is 11.0 Å². The lowest BCUT2D eigenvalue weighted by atomic mass is 10.0. The number of aryl methyl sites for hydroxylation is 2. The van der Waals surface area contributed by atoms with Gasteiger partial charge in [0.2, 0.25) is 5.91 Å². The lowest BCUT2D eigenvalue weighted by Gasteiger charge is -2.00. The SMILES string of the molecule is Cc1noc(C)c1-c1ccc(C=NN=C2NC(=O)C(CC(=O)O)S2)cc1. The Labute approximate surface area is 153 Å². The number of amidine groups is 1. The third-order valence-corrected chi connectivity index (χ3v) is 4.80. The molecule has 26 heavy (non-hydrogen) atoms. The Bertz CT molecular complexity index is 882. The van der Waals surface area contributed by atoms with E-state index in [0.29, 0.717) is 5.17 Å². The number of amides is 1. The van der Waals surface area contributed by atoms with E-state index in [9.17, 15) is 9.59 Å². The molecule has 8 nitrogen and oxygen atoms in total. The number of aromatic nitrogens is 1. The third kappa shape index (κ3) is 3.99. The summed E-state index contributed by atoms with van der Waals surface area (Å²) in [5.41, 5.74) is 3.64. The fraction of sp³-hybridized carbons (Fsp3) is 0.235. The molecule has 0 spiro atoms. The van der Waals surface area contributed by atoms with Crippen LogP contribution in [0.5, 0.6) is 0 Å². The molecule has 1 aliphatic rings. The maximum absolute atomic E-state index is 11.6. The average Bonchev–Trinajstić information content (AvgIpc) is 3.10. The minimum atomic E-state index is -1.03. The molecule has 1 unspecified atom stereocenters. The van der Waals surface area contributed by atoms with Crippen molar-refractivity contribution in [2.75, 3.05) is 0 Å². The summed E-state index contributed by atoms with van der Waals surface area (Å²) in [4.78, 5) is 22.3. The molecule has 2 N–H and O–H groups in total. The van der Waals surface area contributed by atoms with E-state index in [1.165, 1.54) is 0 Å². The smallest absolute Gasteiger partial charge is 0.305 e. The van der Waals surface area contributed by atoms with Crippen LogP contribution in [0.3, 0.4) is 0 Å². The van der Waals surface area contributed by atoms with Crippen LogP contribution >= 0.6 is 11.8 Å². The Kier molecular flexibility index (Phi) is 5.17. The first kappa shape index (κ1) is 17.9. The van der Waals surface area contributed by atoms with Crippen LogP contribution in [0.15, 0.2) is 39.0 Å². The van der Waals surface area contributed by atoms with Gasteiger partial charge < -0.3 is 14.9 Å². The second kappa shape index (κ2) is 7.52. The molecule has 134 valence electrons. The number of hydrogen-bond donors (Lipinski definition) is 2. The summed E-state index contributed by atoms with van der Waals surface area (Å²) < 4.78 is 5.18. The van der Waals surface area contributed by atoms with Crippen molar-refractivity contribution in [1.29, 1.82) is 0 Å². The Hall–Kier alpha value is -2.94. The van der Waals surface area contributed by atoms with E-state index >= 15 is 0 Å². The molecule has 0 radical (unpaired) electrons. The zero-order chi connectivity index (χ0) is 18.7. The first-order valence-corrected chi connectivity index (χ1v) is 8.65. The van der Waals surface area contributed by atoms with Crippen molar-refractivity contribution in [3.8, 4) is 11.1 Å². The van der Waals surface area contributed by atoms with E-state index in [-0.39, 0.29) is 12.3 Å². The summed E-state index contributed by atoms with van der Waals surface area (Å²) in [6.07, 6.45) is 1.31. The summed E-state index contributed by atoms with van der Waals surface area (Å²) in [6.45, 7) is 3.76. The molecule has 2 heterocycles. The van der Waals surface area contributed by atoms with Gasteiger partial charge in [0.05, 0.1) is 18.3 Å². The first-order valence-electron chi connectivity index (χ1n) is 7.77. The van der Waals surface area contributed by atoms with E-state index in [0.717, 1.165) is 39.9 Å². The van der Waals surface area contributed by atoms with Gasteiger partial charge in [0, 0.05) is 5.56 Å². The molecule has 3 rings (SSSR count). The number of nitrogens with one attached hydrogen (secondary N) is 1. The molecular formula is C17H16N4O4S. The van der Waals surface area contributed by atoms with E-state index in [4.69, 9.17) is 9.63 Å². The number of carbonyl (C=O) groups excluding carboxylic acids is 1. The topological polar surface area (TPSA) is 117 Å². The van der Waals surface area contributed by atoms with Crippen LogP contribution in [0.1, 0.15) is 23.4 Å². The van der Waals surface area contributed by atoms with Crippen LogP contribution in [-0.2, 0) is 9.59 Å². The lowest BCUT2D eigenvalue weighted by Crippen LogP contribution is -2.26. The third-order valence-electron chi connectivity index (χ3n) is 3.72. The van der Waals surface area contributed by atoms with Crippen molar-refractivity contribution >= 4 is 35.0 Å². The number of carbonyl (C=O) groups is 2. The second-order valence-corrected chi connectivity index (χ2v) is 6.86. The zero-order valence-electron chi connectivity index (χ0n) is 14.1. The van der Waals surface area contributed by atoms with Gasteiger partial charge in [-0.25, -0.2) is 0 Å². The number of hydrogen-bond acceptors (Lipinski definition) is 7. The fourth-order valence-electron chi connectivity index (χ4n) is 2.52. The molecule has 0 bridgehead atoms. The van der Waals surface area contributed by atoms with Crippen LogP contribution in [0.4, 0.5) is 0 Å². The minimum absolute atomic E-state index is 0.248. The van der Waals surface area contributed by atoms with Crippen LogP contribution in [0.25, 0.3) is 11.1 Å². The largest absolute Gasteiger partial charge is 0.481 e. The van der Waals surface area contributed by atoms with E-state index < -0.39 is 11.2 Å². The van der Waals surface area contributed by atoms with Gasteiger partial charge in [-0.1, -0.05) is 41.2 Å². The molecular weight excluding hydrogens is 356 g/mol. The summed E-state index contributed by atoms with van der Waals surface area (Å²) >= 11 is 1.06. The minimum Gasteiger partial charge on any atom is -0.481 e. The van der Waals surface area contributed by atoms with Crippen LogP contribution in [0.2, 0.25) is 0 Å². The molecule has 0 aliphatic carbocycles. The number of thioether (sulfide) groups is 1. The Morgan fingerprint density at radius 1 is 1.38 bits per heavy atom. The average molecular weight is 372 g/mol. The summed E-state index contributed by atoms with van der Waals surface area (Å²) in [5, 5.41) is 22.7.